The van der Waals surface area contributed by atoms with Crippen molar-refractivity contribution in [3.05, 3.63) is 17.3 Å². The van der Waals surface area contributed by atoms with E-state index in [0.717, 1.165) is 35.7 Å². The van der Waals surface area contributed by atoms with Crippen molar-refractivity contribution in [2.75, 3.05) is 13.2 Å². The van der Waals surface area contributed by atoms with Crippen LogP contribution in [0.5, 0.6) is 5.88 Å². The van der Waals surface area contributed by atoms with E-state index in [1.54, 1.807) is 17.7 Å². The number of nitrogens with zero attached hydrogens (tertiary/aromatic N) is 2. The molecule has 19 heavy (non-hydrogen) atoms. The summed E-state index contributed by atoms with van der Waals surface area (Å²) in [6.07, 6.45) is 6.55. The summed E-state index contributed by atoms with van der Waals surface area (Å²) in [6, 6.07) is 0.608. The molecule has 4 nitrogen and oxygen atoms in total. The molecule has 1 atom stereocenters. The van der Waals surface area contributed by atoms with E-state index in [1.165, 1.54) is 24.8 Å². The number of aryl methyl sites for hydroxylation is 1. The highest BCUT2D eigenvalue weighted by Gasteiger charge is 2.13. The summed E-state index contributed by atoms with van der Waals surface area (Å²) in [4.78, 5) is 8.57. The molecule has 1 unspecified atom stereocenters. The van der Waals surface area contributed by atoms with Gasteiger partial charge in [0, 0.05) is 6.04 Å². The third-order valence-electron chi connectivity index (χ3n) is 3.62. The van der Waals surface area contributed by atoms with Crippen LogP contribution in [0.3, 0.4) is 0 Å². The number of piperidine rings is 1. The lowest BCUT2D eigenvalue weighted by Crippen LogP contribution is -2.35. The maximum absolute atomic E-state index is 5.85. The number of rotatable bonds is 4. The lowest BCUT2D eigenvalue weighted by atomic mass is 10.0. The molecule has 1 N–H and O–H groups in total. The highest BCUT2D eigenvalue weighted by Crippen LogP contribution is 2.30. The third-order valence-corrected chi connectivity index (χ3v) is 4.69. The standard InChI is InChI=1S/C14H19N3OS/c1-10-8-19-13-12(10)16-9-17-14(13)18-7-5-11-4-2-3-6-15-11/h8-9,11,15H,2-7H2,1H3. The van der Waals surface area contributed by atoms with Crippen molar-refractivity contribution in [1.29, 1.82) is 0 Å². The minimum atomic E-state index is 0.608. The average Bonchev–Trinajstić information content (AvgIpc) is 2.83. The molecule has 0 saturated carbocycles. The number of hydrogen-bond donors (Lipinski definition) is 1. The van der Waals surface area contributed by atoms with Gasteiger partial charge in [-0.2, -0.15) is 0 Å². The quantitative estimate of drug-likeness (QED) is 0.933. The van der Waals surface area contributed by atoms with Crippen LogP contribution in [0, 0.1) is 6.92 Å². The SMILES string of the molecule is Cc1csc2c(OCCC3CCCCN3)ncnc12. The van der Waals surface area contributed by atoms with Gasteiger partial charge in [-0.05, 0) is 43.7 Å². The van der Waals surface area contributed by atoms with Crippen molar-refractivity contribution < 1.29 is 4.74 Å². The summed E-state index contributed by atoms with van der Waals surface area (Å²) in [5, 5.41) is 5.64. The molecule has 2 aromatic rings. The molecule has 1 aliphatic rings. The number of nitrogens with one attached hydrogen (secondary N) is 1. The molecule has 1 saturated heterocycles. The van der Waals surface area contributed by atoms with Crippen molar-refractivity contribution >= 4 is 21.6 Å². The number of fused-ring (bicyclic) bond motifs is 1. The molecule has 102 valence electrons. The van der Waals surface area contributed by atoms with Crippen LogP contribution in [0.4, 0.5) is 0 Å². The smallest absolute Gasteiger partial charge is 0.234 e. The van der Waals surface area contributed by atoms with Gasteiger partial charge in [0.15, 0.2) is 0 Å². The van der Waals surface area contributed by atoms with E-state index in [0.29, 0.717) is 6.04 Å². The van der Waals surface area contributed by atoms with Crippen LogP contribution in [-0.4, -0.2) is 29.2 Å². The first-order valence-electron chi connectivity index (χ1n) is 6.89. The Bertz CT molecular complexity index is 549. The van der Waals surface area contributed by atoms with Gasteiger partial charge in [-0.1, -0.05) is 6.42 Å². The van der Waals surface area contributed by atoms with E-state index in [2.05, 4.69) is 27.6 Å². The fourth-order valence-corrected chi connectivity index (χ4v) is 3.46. The van der Waals surface area contributed by atoms with Gasteiger partial charge in [-0.15, -0.1) is 11.3 Å². The van der Waals surface area contributed by atoms with Crippen molar-refractivity contribution in [2.24, 2.45) is 0 Å². The second kappa shape index (κ2) is 5.84. The van der Waals surface area contributed by atoms with Crippen LogP contribution >= 0.6 is 11.3 Å². The predicted octanol–water partition coefficient (Wildman–Crippen LogP) is 2.91. The van der Waals surface area contributed by atoms with Crippen LogP contribution in [0.15, 0.2) is 11.7 Å². The van der Waals surface area contributed by atoms with E-state index in [1.807, 2.05) is 0 Å². The second-order valence-corrected chi connectivity index (χ2v) is 5.94. The first-order valence-corrected chi connectivity index (χ1v) is 7.77. The first-order chi connectivity index (χ1) is 9.34. The van der Waals surface area contributed by atoms with Crippen LogP contribution in [0.25, 0.3) is 10.2 Å². The largest absolute Gasteiger partial charge is 0.477 e. The Morgan fingerprint density at radius 2 is 2.37 bits per heavy atom. The Kier molecular flexibility index (Phi) is 3.94. The van der Waals surface area contributed by atoms with Gasteiger partial charge in [0.05, 0.1) is 12.1 Å². The minimum Gasteiger partial charge on any atom is -0.477 e. The number of hydrogen-bond acceptors (Lipinski definition) is 5. The van der Waals surface area contributed by atoms with E-state index >= 15 is 0 Å². The Hall–Kier alpha value is -1.20. The van der Waals surface area contributed by atoms with Gasteiger partial charge < -0.3 is 10.1 Å². The summed E-state index contributed by atoms with van der Waals surface area (Å²) >= 11 is 1.66. The third kappa shape index (κ3) is 2.87. The van der Waals surface area contributed by atoms with Crippen LogP contribution < -0.4 is 10.1 Å². The number of thiophene rings is 1. The molecule has 0 spiro atoms. The van der Waals surface area contributed by atoms with Crippen molar-refractivity contribution in [1.82, 2.24) is 15.3 Å². The Morgan fingerprint density at radius 3 is 3.21 bits per heavy atom. The topological polar surface area (TPSA) is 47.0 Å². The molecule has 3 heterocycles. The highest BCUT2D eigenvalue weighted by atomic mass is 32.1. The summed E-state index contributed by atoms with van der Waals surface area (Å²) in [7, 11) is 0. The zero-order chi connectivity index (χ0) is 13.1. The normalized spacial score (nSPS) is 19.7. The maximum Gasteiger partial charge on any atom is 0.234 e. The molecule has 3 rings (SSSR count). The van der Waals surface area contributed by atoms with E-state index < -0.39 is 0 Å². The zero-order valence-electron chi connectivity index (χ0n) is 11.2. The van der Waals surface area contributed by atoms with Crippen molar-refractivity contribution in [3.63, 3.8) is 0 Å². The lowest BCUT2D eigenvalue weighted by molar-refractivity contribution is 0.263. The van der Waals surface area contributed by atoms with E-state index in [-0.39, 0.29) is 0 Å². The average molecular weight is 277 g/mol. The fourth-order valence-electron chi connectivity index (χ4n) is 2.52. The Morgan fingerprint density at radius 1 is 1.42 bits per heavy atom. The summed E-state index contributed by atoms with van der Waals surface area (Å²) in [5.74, 6) is 0.735. The molecule has 0 bridgehead atoms. The first kappa shape index (κ1) is 12.8. The molecule has 0 aliphatic carbocycles. The molecule has 1 aliphatic heterocycles. The predicted molar refractivity (Wildman–Crippen MR) is 77.9 cm³/mol. The molecule has 2 aromatic heterocycles. The molecule has 0 radical (unpaired) electrons. The van der Waals surface area contributed by atoms with Gasteiger partial charge in [-0.25, -0.2) is 9.97 Å². The highest BCUT2D eigenvalue weighted by molar-refractivity contribution is 7.17. The van der Waals surface area contributed by atoms with Gasteiger partial charge in [0.1, 0.15) is 11.0 Å². The molecule has 5 heteroatoms. The molecule has 0 amide bonds. The summed E-state index contributed by atoms with van der Waals surface area (Å²) in [5.41, 5.74) is 2.21. The Labute approximate surface area is 117 Å². The lowest BCUT2D eigenvalue weighted by Gasteiger charge is -2.23. The van der Waals surface area contributed by atoms with E-state index in [4.69, 9.17) is 4.74 Å². The second-order valence-electron chi connectivity index (χ2n) is 5.06. The fraction of sp³-hybridized carbons (Fsp3) is 0.571. The Balaban J connectivity index is 1.62. The summed E-state index contributed by atoms with van der Waals surface area (Å²) < 4.78 is 6.92. The van der Waals surface area contributed by atoms with Crippen LogP contribution in [0.2, 0.25) is 0 Å². The van der Waals surface area contributed by atoms with Gasteiger partial charge in [0.25, 0.3) is 0 Å². The van der Waals surface area contributed by atoms with E-state index in [9.17, 15) is 0 Å². The minimum absolute atomic E-state index is 0.608. The summed E-state index contributed by atoms with van der Waals surface area (Å²) in [6.45, 7) is 3.94. The van der Waals surface area contributed by atoms with Crippen LogP contribution in [-0.2, 0) is 0 Å². The molecular formula is C14H19N3OS. The zero-order valence-corrected chi connectivity index (χ0v) is 12.0. The maximum atomic E-state index is 5.85. The molecular weight excluding hydrogens is 258 g/mol. The van der Waals surface area contributed by atoms with Crippen LogP contribution in [0.1, 0.15) is 31.2 Å². The number of aromatic nitrogens is 2. The molecule has 1 fully saturated rings. The van der Waals surface area contributed by atoms with Gasteiger partial charge in [0.2, 0.25) is 5.88 Å². The number of ether oxygens (including phenoxy) is 1. The van der Waals surface area contributed by atoms with Crippen molar-refractivity contribution in [3.8, 4) is 5.88 Å². The monoisotopic (exact) mass is 277 g/mol. The van der Waals surface area contributed by atoms with Gasteiger partial charge >= 0.3 is 0 Å². The van der Waals surface area contributed by atoms with Gasteiger partial charge in [-0.3, -0.25) is 0 Å². The van der Waals surface area contributed by atoms with Crippen molar-refractivity contribution in [2.45, 2.75) is 38.6 Å². The molecule has 0 aromatic carbocycles.